The van der Waals surface area contributed by atoms with Gasteiger partial charge in [-0.3, -0.25) is 57.5 Å². The molecule has 10 amide bonds. The Labute approximate surface area is 483 Å². The maximum absolute atomic E-state index is 14.6. The van der Waals surface area contributed by atoms with Crippen LogP contribution in [-0.4, -0.2) is 160 Å². The lowest BCUT2D eigenvalue weighted by atomic mass is 9.96. The fourth-order valence-electron chi connectivity index (χ4n) is 8.70. The van der Waals surface area contributed by atoms with Crippen LogP contribution in [0.25, 0.3) is 10.8 Å². The third-order valence-electron chi connectivity index (χ3n) is 14.1. The normalized spacial score (nSPS) is 15.5. The molecule has 27 heteroatoms. The van der Waals surface area contributed by atoms with E-state index >= 15 is 0 Å². The van der Waals surface area contributed by atoms with E-state index in [-0.39, 0.29) is 32.2 Å². The summed E-state index contributed by atoms with van der Waals surface area (Å²) in [5, 5.41) is 54.2. The Morgan fingerprint density at radius 1 is 0.470 bits per heavy atom. The van der Waals surface area contributed by atoms with Gasteiger partial charge in [-0.15, -0.1) is 0 Å². The molecule has 0 aliphatic carbocycles. The first kappa shape index (κ1) is 71.3. The molecule has 12 atom stereocenters. The van der Waals surface area contributed by atoms with Crippen molar-refractivity contribution < 1.29 is 72.9 Å². The number of rotatable bonds is 39. The Morgan fingerprint density at radius 3 is 1.35 bits per heavy atom. The molecule has 27 nitrogen and oxygen atoms in total. The van der Waals surface area contributed by atoms with Crippen LogP contribution < -0.4 is 65.1 Å². The molecule has 2 rings (SSSR count). The van der Waals surface area contributed by atoms with Crippen LogP contribution in [0.4, 0.5) is 0 Å². The highest BCUT2D eigenvalue weighted by molar-refractivity contribution is 5.99. The number of fused-ring (bicyclic) bond motifs is 1. The zero-order valence-electron chi connectivity index (χ0n) is 48.5. The third kappa shape index (κ3) is 25.1. The fraction of sp³-hybridized carbons (Fsp3) is 0.607. The number of carbonyl (C=O) groups is 12. The fourth-order valence-corrected chi connectivity index (χ4v) is 8.70. The van der Waals surface area contributed by atoms with E-state index in [4.69, 9.17) is 17.2 Å². The molecule has 0 aromatic heterocycles. The first-order chi connectivity index (χ1) is 39.2. The molecule has 2 aromatic rings. The second kappa shape index (κ2) is 36.6. The first-order valence-electron chi connectivity index (χ1n) is 28.2. The van der Waals surface area contributed by atoms with E-state index in [1.165, 1.54) is 20.8 Å². The summed E-state index contributed by atoms with van der Waals surface area (Å²) in [7, 11) is 0. The van der Waals surface area contributed by atoms with Gasteiger partial charge in [0.15, 0.2) is 0 Å². The van der Waals surface area contributed by atoms with Gasteiger partial charge in [-0.1, -0.05) is 83.0 Å². The van der Waals surface area contributed by atoms with Gasteiger partial charge in [0.05, 0.1) is 6.10 Å². The Kier molecular flexibility index (Phi) is 31.5. The number of hydrogen-bond donors (Lipinski definition) is 15. The number of carboxylic acid groups (broad SMARTS) is 2. The summed E-state index contributed by atoms with van der Waals surface area (Å²) in [4.78, 5) is 159. The van der Waals surface area contributed by atoms with Crippen LogP contribution in [0.3, 0.4) is 0 Å². The molecule has 2 aromatic carbocycles. The first-order valence-corrected chi connectivity index (χ1v) is 28.2. The predicted molar refractivity (Wildman–Crippen MR) is 306 cm³/mol. The highest BCUT2D eigenvalue weighted by atomic mass is 16.4. The molecule has 0 saturated heterocycles. The monoisotopic (exact) mass is 1170 g/mol. The van der Waals surface area contributed by atoms with Gasteiger partial charge in [-0.05, 0) is 106 Å². The van der Waals surface area contributed by atoms with Gasteiger partial charge in [0.1, 0.15) is 54.4 Å². The van der Waals surface area contributed by atoms with E-state index in [0.717, 1.165) is 10.8 Å². The van der Waals surface area contributed by atoms with Crippen LogP contribution >= 0.6 is 0 Å². The average molecular weight is 1170 g/mol. The van der Waals surface area contributed by atoms with Crippen LogP contribution in [0.15, 0.2) is 42.5 Å². The van der Waals surface area contributed by atoms with Gasteiger partial charge in [0.2, 0.25) is 59.1 Å². The highest BCUT2D eigenvalue weighted by Gasteiger charge is 2.37. The van der Waals surface area contributed by atoms with Crippen molar-refractivity contribution in [2.45, 2.75) is 192 Å². The summed E-state index contributed by atoms with van der Waals surface area (Å²) in [5.41, 5.74) is 17.4. The number of aliphatic hydroxyl groups is 1. The number of nitrogens with one attached hydrogen (secondary N) is 9. The number of amides is 10. The number of aliphatic hydroxyl groups excluding tert-OH is 1. The van der Waals surface area contributed by atoms with Crippen molar-refractivity contribution in [3.8, 4) is 0 Å². The van der Waals surface area contributed by atoms with E-state index in [9.17, 15) is 72.9 Å². The van der Waals surface area contributed by atoms with Gasteiger partial charge < -0.3 is 80.4 Å². The molecular formula is C56H88N12O15. The minimum absolute atomic E-state index is 0.00901. The zero-order chi connectivity index (χ0) is 62.5. The van der Waals surface area contributed by atoms with Crippen molar-refractivity contribution >= 4 is 81.8 Å². The topological polar surface area (TPSA) is 452 Å². The summed E-state index contributed by atoms with van der Waals surface area (Å²) in [5.74, 6) is -12.4. The molecule has 0 spiro atoms. The lowest BCUT2D eigenvalue weighted by Crippen LogP contribution is -2.62. The van der Waals surface area contributed by atoms with Gasteiger partial charge in [-0.25, -0.2) is 0 Å². The number of carbonyl (C=O) groups excluding carboxylic acids is 10. The molecule has 0 aliphatic heterocycles. The quantitative estimate of drug-likeness (QED) is 0.0347. The summed E-state index contributed by atoms with van der Waals surface area (Å²) in [6.45, 7) is 11.0. The molecule has 0 saturated carbocycles. The molecule has 462 valence electrons. The van der Waals surface area contributed by atoms with Crippen molar-refractivity contribution in [1.29, 1.82) is 0 Å². The summed E-state index contributed by atoms with van der Waals surface area (Å²) >= 11 is 0. The van der Waals surface area contributed by atoms with Gasteiger partial charge >= 0.3 is 11.9 Å². The molecule has 0 radical (unpaired) electrons. The van der Waals surface area contributed by atoms with E-state index < -0.39 is 163 Å². The average Bonchev–Trinajstić information content (AvgIpc) is 3.54. The zero-order valence-corrected chi connectivity index (χ0v) is 48.5. The van der Waals surface area contributed by atoms with Crippen molar-refractivity contribution in [2.75, 3.05) is 13.1 Å². The van der Waals surface area contributed by atoms with Crippen LogP contribution in [0.2, 0.25) is 0 Å². The number of primary amides is 1. The molecule has 0 unspecified atom stereocenters. The number of unbranched alkanes of at least 4 members (excludes halogenated alkanes) is 2. The maximum atomic E-state index is 14.6. The Balaban J connectivity index is 2.48. The maximum Gasteiger partial charge on any atom is 0.303 e. The number of nitrogens with two attached hydrogens (primary N) is 3. The third-order valence-corrected chi connectivity index (χ3v) is 14.1. The minimum atomic E-state index is -1.80. The molecule has 0 fully saturated rings. The number of carboxylic acids is 2. The van der Waals surface area contributed by atoms with Crippen molar-refractivity contribution in [2.24, 2.45) is 29.0 Å². The van der Waals surface area contributed by atoms with E-state index in [1.807, 2.05) is 18.2 Å². The van der Waals surface area contributed by atoms with Crippen molar-refractivity contribution in [1.82, 2.24) is 47.9 Å². The molecule has 18 N–H and O–H groups in total. The standard InChI is InChI=1S/C56H88N12O15/c1-8-30(3)45(54(81)62-38(48(59)75)22-24-43(71)72)67-52(79)40(19-13-15-27-58)63-53(80)42(29-35-20-21-36-16-10-11-17-37(36)28-35)65-56(83)47(33(6)69)68-49(76)32(5)60-50(77)41(23-25-44(73)74)64-55(82)46(31(4)9-2)66-51(78)39(61-34(7)70)18-12-14-26-57/h10-11,16-17,20-21,28,30-33,38-42,45-47,69H,8-9,12-15,18-19,22-27,29,57-58H2,1-7H3,(H2,59,75)(H,60,77)(H,61,70)(H,62,81)(H,63,80)(H,64,82)(H,65,83)(H,66,78)(H,67,79)(H,68,76)(H,71,72)(H,73,74)/t30-,31-,32-,33+,38-,39-,40-,41-,42-,45-,46-,47-/m0/s1. The van der Waals surface area contributed by atoms with Crippen LogP contribution in [-0.2, 0) is 64.0 Å². The second-order valence-electron chi connectivity index (χ2n) is 20.9. The van der Waals surface area contributed by atoms with Crippen LogP contribution in [0.1, 0.15) is 131 Å². The van der Waals surface area contributed by atoms with E-state index in [0.29, 0.717) is 50.6 Å². The lowest BCUT2D eigenvalue weighted by molar-refractivity contribution is -0.139. The minimum Gasteiger partial charge on any atom is -0.481 e. The number of aliphatic carboxylic acids is 2. The Morgan fingerprint density at radius 2 is 0.880 bits per heavy atom. The molecule has 83 heavy (non-hydrogen) atoms. The predicted octanol–water partition coefficient (Wildman–Crippen LogP) is -1.27. The SMILES string of the molecule is CC[C@H](C)[C@H](NC(=O)[C@H](CCCCN)NC(=O)[C@H](Cc1ccc2ccccc2c1)NC(=O)[C@@H](NC(=O)[C@H](C)NC(=O)[C@H](CCC(=O)O)NC(=O)[C@@H](NC(=O)[C@H](CCCCN)NC(C)=O)[C@@H](C)CC)[C@@H](C)O)C(=O)N[C@@H](CCC(=O)O)C(N)=O. The Bertz CT molecular complexity index is 2550. The molecular weight excluding hydrogens is 1080 g/mol. The van der Waals surface area contributed by atoms with Gasteiger partial charge in [-0.2, -0.15) is 0 Å². The highest BCUT2D eigenvalue weighted by Crippen LogP contribution is 2.18. The summed E-state index contributed by atoms with van der Waals surface area (Å²) < 4.78 is 0. The van der Waals surface area contributed by atoms with Crippen LogP contribution in [0.5, 0.6) is 0 Å². The number of benzene rings is 2. The Hall–Kier alpha value is -7.78. The largest absolute Gasteiger partial charge is 0.481 e. The van der Waals surface area contributed by atoms with Crippen molar-refractivity contribution in [3.63, 3.8) is 0 Å². The lowest BCUT2D eigenvalue weighted by Gasteiger charge is -2.29. The van der Waals surface area contributed by atoms with E-state index in [1.54, 1.807) is 52.0 Å². The summed E-state index contributed by atoms with van der Waals surface area (Å²) in [6.07, 6.45) is -1.06. The van der Waals surface area contributed by atoms with Crippen LogP contribution in [0, 0.1) is 11.8 Å². The summed E-state index contributed by atoms with van der Waals surface area (Å²) in [6, 6.07) is -0.126. The molecule has 0 bridgehead atoms. The molecule has 0 heterocycles. The van der Waals surface area contributed by atoms with Crippen molar-refractivity contribution in [3.05, 3.63) is 48.0 Å². The van der Waals surface area contributed by atoms with Gasteiger partial charge in [0, 0.05) is 26.2 Å². The number of hydrogen-bond acceptors (Lipinski definition) is 15. The van der Waals surface area contributed by atoms with E-state index in [2.05, 4.69) is 47.9 Å². The van der Waals surface area contributed by atoms with Gasteiger partial charge in [0.25, 0.3) is 0 Å². The smallest absolute Gasteiger partial charge is 0.303 e. The second-order valence-corrected chi connectivity index (χ2v) is 20.9. The molecule has 0 aliphatic rings.